The number of nitrogens with one attached hydrogen (secondary N) is 1. The molecule has 4 unspecified atom stereocenters. The molecule has 3 N–H and O–H groups in total. The van der Waals surface area contributed by atoms with E-state index in [0.29, 0.717) is 36.4 Å². The van der Waals surface area contributed by atoms with Crippen LogP contribution in [0, 0.1) is 24.4 Å². The van der Waals surface area contributed by atoms with Crippen LogP contribution in [0.2, 0.25) is 0 Å². The van der Waals surface area contributed by atoms with E-state index in [-0.39, 0.29) is 23.1 Å². The number of nitrogens with zero attached hydrogens (tertiary/aromatic N) is 3. The van der Waals surface area contributed by atoms with Crippen LogP contribution in [0.5, 0.6) is 5.75 Å². The fourth-order valence-electron chi connectivity index (χ4n) is 4.64. The molecule has 1 aliphatic heterocycles. The Morgan fingerprint density at radius 1 is 1.13 bits per heavy atom. The minimum atomic E-state index is -1.31. The molecular weight excluding hydrogens is 413 g/mol. The van der Waals surface area contributed by atoms with Crippen molar-refractivity contribution in [1.82, 2.24) is 19.9 Å². The predicted molar refractivity (Wildman–Crippen MR) is 104 cm³/mol. The van der Waals surface area contributed by atoms with Crippen LogP contribution in [0.3, 0.4) is 0 Å². The van der Waals surface area contributed by atoms with E-state index in [0.717, 1.165) is 6.07 Å². The lowest BCUT2D eigenvalue weighted by Crippen LogP contribution is -2.35. The molecule has 10 heteroatoms. The van der Waals surface area contributed by atoms with Crippen molar-refractivity contribution in [3.8, 4) is 5.75 Å². The number of aromatic nitrogens is 3. The van der Waals surface area contributed by atoms with Gasteiger partial charge in [0.15, 0.2) is 17.5 Å². The summed E-state index contributed by atoms with van der Waals surface area (Å²) < 4.78 is 50.2. The highest BCUT2D eigenvalue weighted by Crippen LogP contribution is 2.38. The molecule has 3 heterocycles. The number of hydrogen-bond acceptors (Lipinski definition) is 6. The number of aliphatic hydroxyl groups is 2. The van der Waals surface area contributed by atoms with Gasteiger partial charge >= 0.3 is 0 Å². The molecule has 1 aliphatic carbocycles. The maximum absolute atomic E-state index is 14.5. The molecule has 7 nitrogen and oxygen atoms in total. The largest absolute Gasteiger partial charge is 0.487 e. The molecule has 1 saturated carbocycles. The van der Waals surface area contributed by atoms with Crippen LogP contribution in [0.4, 0.5) is 13.2 Å². The minimum absolute atomic E-state index is 0.121. The molecular formula is C21H21F3N4O3. The van der Waals surface area contributed by atoms with Crippen molar-refractivity contribution in [2.24, 2.45) is 0 Å². The molecule has 4 atom stereocenters. The molecule has 0 saturated heterocycles. The first kappa shape index (κ1) is 20.2. The Labute approximate surface area is 175 Å². The van der Waals surface area contributed by atoms with Crippen molar-refractivity contribution < 1.29 is 28.1 Å². The van der Waals surface area contributed by atoms with Crippen LogP contribution in [-0.2, 0) is 13.0 Å². The fraction of sp³-hybridized carbons (Fsp3) is 0.429. The molecule has 0 spiro atoms. The SMILES string of the molecule is Cc1ncnc2c1c(F)cn2C1CC(Oc2cc(F)c(F)c3c2CNCC3)C(O)C1O. The van der Waals surface area contributed by atoms with E-state index in [9.17, 15) is 23.4 Å². The summed E-state index contributed by atoms with van der Waals surface area (Å²) in [6.45, 7) is 2.48. The summed E-state index contributed by atoms with van der Waals surface area (Å²) in [5.74, 6) is -2.32. The van der Waals surface area contributed by atoms with Gasteiger partial charge in [0.2, 0.25) is 0 Å². The van der Waals surface area contributed by atoms with Crippen molar-refractivity contribution >= 4 is 11.0 Å². The van der Waals surface area contributed by atoms with Gasteiger partial charge in [-0.25, -0.2) is 23.1 Å². The highest BCUT2D eigenvalue weighted by atomic mass is 19.2. The second-order valence-electron chi connectivity index (χ2n) is 8.04. The van der Waals surface area contributed by atoms with E-state index >= 15 is 0 Å². The van der Waals surface area contributed by atoms with Gasteiger partial charge in [0.25, 0.3) is 0 Å². The molecule has 2 aliphatic rings. The van der Waals surface area contributed by atoms with E-state index in [4.69, 9.17) is 4.74 Å². The molecule has 5 rings (SSSR count). The molecule has 3 aromatic rings. The lowest BCUT2D eigenvalue weighted by atomic mass is 9.99. The number of aryl methyl sites for hydroxylation is 1. The van der Waals surface area contributed by atoms with Crippen LogP contribution in [0.15, 0.2) is 18.6 Å². The van der Waals surface area contributed by atoms with Gasteiger partial charge < -0.3 is 24.8 Å². The second-order valence-corrected chi connectivity index (χ2v) is 8.04. The highest BCUT2D eigenvalue weighted by molar-refractivity contribution is 5.79. The Morgan fingerprint density at radius 3 is 2.74 bits per heavy atom. The Balaban J connectivity index is 1.48. The Morgan fingerprint density at radius 2 is 1.94 bits per heavy atom. The summed E-state index contributed by atoms with van der Waals surface area (Å²) in [5, 5.41) is 24.6. The number of rotatable bonds is 3. The summed E-state index contributed by atoms with van der Waals surface area (Å²) in [5.41, 5.74) is 1.51. The first-order valence-corrected chi connectivity index (χ1v) is 10.1. The van der Waals surface area contributed by atoms with Crippen LogP contribution in [0.25, 0.3) is 11.0 Å². The van der Waals surface area contributed by atoms with Crippen LogP contribution >= 0.6 is 0 Å². The summed E-state index contributed by atoms with van der Waals surface area (Å²) in [6.07, 6.45) is -0.516. The predicted octanol–water partition coefficient (Wildman–Crippen LogP) is 1.92. The van der Waals surface area contributed by atoms with Crippen LogP contribution in [-0.4, -0.2) is 49.6 Å². The average Bonchev–Trinajstić information content (AvgIpc) is 3.24. The van der Waals surface area contributed by atoms with Gasteiger partial charge in [-0.3, -0.25) is 0 Å². The topological polar surface area (TPSA) is 92.4 Å². The molecule has 2 aromatic heterocycles. The first-order valence-electron chi connectivity index (χ1n) is 10.1. The number of halogens is 3. The molecule has 1 aromatic carbocycles. The zero-order valence-corrected chi connectivity index (χ0v) is 16.6. The number of benzene rings is 1. The van der Waals surface area contributed by atoms with Gasteiger partial charge in [-0.1, -0.05) is 0 Å². The van der Waals surface area contributed by atoms with Crippen molar-refractivity contribution in [1.29, 1.82) is 0 Å². The van der Waals surface area contributed by atoms with Gasteiger partial charge in [0.05, 0.1) is 17.1 Å². The Bertz CT molecular complexity index is 1170. The van der Waals surface area contributed by atoms with Gasteiger partial charge in [-0.05, 0) is 19.9 Å². The zero-order chi connectivity index (χ0) is 21.9. The monoisotopic (exact) mass is 434 g/mol. The average molecular weight is 434 g/mol. The Kier molecular flexibility index (Phi) is 4.87. The fourth-order valence-corrected chi connectivity index (χ4v) is 4.64. The zero-order valence-electron chi connectivity index (χ0n) is 16.6. The molecule has 0 bridgehead atoms. The lowest BCUT2D eigenvalue weighted by Gasteiger charge is -2.25. The van der Waals surface area contributed by atoms with E-state index < -0.39 is 41.8 Å². The van der Waals surface area contributed by atoms with Crippen molar-refractivity contribution in [3.05, 3.63) is 52.9 Å². The molecule has 0 radical (unpaired) electrons. The third-order valence-corrected chi connectivity index (χ3v) is 6.23. The number of aliphatic hydroxyl groups excluding tert-OH is 2. The number of ether oxygens (including phenoxy) is 1. The lowest BCUT2D eigenvalue weighted by molar-refractivity contribution is -0.0167. The number of hydrogen-bond donors (Lipinski definition) is 3. The summed E-state index contributed by atoms with van der Waals surface area (Å²) in [4.78, 5) is 8.13. The quantitative estimate of drug-likeness (QED) is 0.584. The van der Waals surface area contributed by atoms with Gasteiger partial charge in [-0.15, -0.1) is 0 Å². The van der Waals surface area contributed by atoms with Crippen LogP contribution in [0.1, 0.15) is 29.3 Å². The molecule has 164 valence electrons. The second kappa shape index (κ2) is 7.47. The molecule has 0 amide bonds. The Hall–Kier alpha value is -2.69. The van der Waals surface area contributed by atoms with E-state index in [2.05, 4.69) is 15.3 Å². The van der Waals surface area contributed by atoms with Crippen molar-refractivity contribution in [2.45, 2.75) is 50.7 Å². The number of fused-ring (bicyclic) bond motifs is 2. The van der Waals surface area contributed by atoms with Gasteiger partial charge in [0, 0.05) is 36.4 Å². The highest BCUT2D eigenvalue weighted by Gasteiger charge is 2.45. The summed E-state index contributed by atoms with van der Waals surface area (Å²) >= 11 is 0. The smallest absolute Gasteiger partial charge is 0.162 e. The van der Waals surface area contributed by atoms with E-state index in [1.807, 2.05) is 0 Å². The first-order chi connectivity index (χ1) is 14.9. The molecule has 1 fully saturated rings. The standard InChI is InChI=1S/C21H21F3N4O3/c1-9-17-13(23)7-28(21(17)27-8-26-9)14-5-16(20(30)19(14)29)31-15-4-12(22)18(24)10-2-3-25-6-11(10)15/h4,7-8,14,16,19-20,25,29-30H,2-3,5-6H2,1H3. The molecule has 31 heavy (non-hydrogen) atoms. The van der Waals surface area contributed by atoms with E-state index in [1.165, 1.54) is 17.1 Å². The minimum Gasteiger partial charge on any atom is -0.487 e. The van der Waals surface area contributed by atoms with Crippen molar-refractivity contribution in [3.63, 3.8) is 0 Å². The third kappa shape index (κ3) is 3.17. The maximum atomic E-state index is 14.5. The van der Waals surface area contributed by atoms with Crippen molar-refractivity contribution in [2.75, 3.05) is 6.54 Å². The van der Waals surface area contributed by atoms with Gasteiger partial charge in [0.1, 0.15) is 36.0 Å². The van der Waals surface area contributed by atoms with Crippen LogP contribution < -0.4 is 10.1 Å². The third-order valence-electron chi connectivity index (χ3n) is 6.23. The van der Waals surface area contributed by atoms with Gasteiger partial charge in [-0.2, -0.15) is 0 Å². The summed E-state index contributed by atoms with van der Waals surface area (Å²) in [6, 6.07) is 0.245. The normalized spacial score (nSPS) is 25.7. The maximum Gasteiger partial charge on any atom is 0.162 e. The van der Waals surface area contributed by atoms with E-state index in [1.54, 1.807) is 6.92 Å². The summed E-state index contributed by atoms with van der Waals surface area (Å²) in [7, 11) is 0.